The molecule has 0 bridgehead atoms. The van der Waals surface area contributed by atoms with Crippen LogP contribution in [0.2, 0.25) is 5.02 Å². The SMILES string of the molecule is O=C(Nc1cccc(Cl)c1)c1n[nH]c2ccccc2c1=O. The summed E-state index contributed by atoms with van der Waals surface area (Å²) in [5, 5.41) is 10.1. The number of nitrogens with one attached hydrogen (secondary N) is 2. The second-order valence-electron chi connectivity index (χ2n) is 4.41. The van der Waals surface area contributed by atoms with Crippen molar-refractivity contribution in [1.29, 1.82) is 0 Å². The van der Waals surface area contributed by atoms with Crippen LogP contribution in [0.1, 0.15) is 10.5 Å². The number of nitrogens with zero attached hydrogens (tertiary/aromatic N) is 1. The number of H-pyrrole nitrogens is 1. The summed E-state index contributed by atoms with van der Waals surface area (Å²) >= 11 is 5.85. The number of para-hydroxylation sites is 1. The van der Waals surface area contributed by atoms with Crippen LogP contribution in [0.4, 0.5) is 5.69 Å². The van der Waals surface area contributed by atoms with Gasteiger partial charge < -0.3 is 5.32 Å². The zero-order valence-electron chi connectivity index (χ0n) is 10.8. The van der Waals surface area contributed by atoms with E-state index in [-0.39, 0.29) is 5.69 Å². The van der Waals surface area contributed by atoms with Crippen molar-refractivity contribution in [2.24, 2.45) is 0 Å². The first-order valence-corrected chi connectivity index (χ1v) is 6.57. The van der Waals surface area contributed by atoms with Gasteiger partial charge in [-0.15, -0.1) is 0 Å². The van der Waals surface area contributed by atoms with Crippen LogP contribution in [0.5, 0.6) is 0 Å². The molecule has 0 atom stereocenters. The summed E-state index contributed by atoms with van der Waals surface area (Å²) in [6.07, 6.45) is 0. The molecule has 21 heavy (non-hydrogen) atoms. The van der Waals surface area contributed by atoms with Gasteiger partial charge in [0.2, 0.25) is 5.43 Å². The predicted octanol–water partition coefficient (Wildman–Crippen LogP) is 2.83. The Kier molecular flexibility index (Phi) is 3.41. The first-order chi connectivity index (χ1) is 10.1. The van der Waals surface area contributed by atoms with E-state index in [9.17, 15) is 9.59 Å². The molecule has 1 aromatic heterocycles. The van der Waals surface area contributed by atoms with E-state index < -0.39 is 11.3 Å². The Bertz CT molecular complexity index is 889. The number of aromatic nitrogens is 2. The lowest BCUT2D eigenvalue weighted by atomic mass is 10.2. The van der Waals surface area contributed by atoms with Crippen molar-refractivity contribution in [1.82, 2.24) is 10.2 Å². The van der Waals surface area contributed by atoms with Crippen molar-refractivity contribution in [3.05, 3.63) is 69.5 Å². The number of anilines is 1. The van der Waals surface area contributed by atoms with Crippen LogP contribution in [0, 0.1) is 0 Å². The molecule has 0 radical (unpaired) electrons. The van der Waals surface area contributed by atoms with Gasteiger partial charge in [-0.1, -0.05) is 29.8 Å². The number of benzene rings is 2. The van der Waals surface area contributed by atoms with Gasteiger partial charge >= 0.3 is 0 Å². The van der Waals surface area contributed by atoms with E-state index in [1.54, 1.807) is 48.5 Å². The summed E-state index contributed by atoms with van der Waals surface area (Å²) in [5.41, 5.74) is 0.487. The molecule has 0 aliphatic carbocycles. The Morgan fingerprint density at radius 1 is 1.14 bits per heavy atom. The average molecular weight is 300 g/mol. The number of rotatable bonds is 2. The van der Waals surface area contributed by atoms with Crippen LogP contribution in [0.3, 0.4) is 0 Å². The lowest BCUT2D eigenvalue weighted by molar-refractivity contribution is 0.102. The molecule has 1 heterocycles. The summed E-state index contributed by atoms with van der Waals surface area (Å²) in [7, 11) is 0. The van der Waals surface area contributed by atoms with Gasteiger partial charge in [-0.25, -0.2) is 0 Å². The third kappa shape index (κ3) is 2.64. The molecule has 0 aliphatic rings. The second-order valence-corrected chi connectivity index (χ2v) is 4.85. The predicted molar refractivity (Wildman–Crippen MR) is 81.8 cm³/mol. The summed E-state index contributed by atoms with van der Waals surface area (Å²) in [4.78, 5) is 24.4. The highest BCUT2D eigenvalue weighted by Crippen LogP contribution is 2.15. The van der Waals surface area contributed by atoms with Gasteiger partial charge in [-0.2, -0.15) is 5.10 Å². The molecule has 0 unspecified atom stereocenters. The maximum absolute atomic E-state index is 12.3. The zero-order chi connectivity index (χ0) is 14.8. The highest BCUT2D eigenvalue weighted by atomic mass is 35.5. The minimum absolute atomic E-state index is 0.186. The number of halogens is 1. The minimum Gasteiger partial charge on any atom is -0.320 e. The molecule has 6 heteroatoms. The summed E-state index contributed by atoms with van der Waals surface area (Å²) < 4.78 is 0. The Labute approximate surface area is 124 Å². The Hall–Kier alpha value is -2.66. The van der Waals surface area contributed by atoms with Crippen molar-refractivity contribution in [3.63, 3.8) is 0 Å². The molecule has 0 spiro atoms. The fourth-order valence-corrected chi connectivity index (χ4v) is 2.17. The third-order valence-corrected chi connectivity index (χ3v) is 3.21. The molecular formula is C15H10ClN3O2. The zero-order valence-corrected chi connectivity index (χ0v) is 11.5. The molecule has 2 N–H and O–H groups in total. The maximum Gasteiger partial charge on any atom is 0.280 e. The summed E-state index contributed by atoms with van der Waals surface area (Å²) in [6, 6.07) is 13.6. The molecule has 5 nitrogen and oxygen atoms in total. The molecule has 0 saturated heterocycles. The van der Waals surface area contributed by atoms with E-state index in [0.717, 1.165) is 0 Å². The van der Waals surface area contributed by atoms with Gasteiger partial charge in [0, 0.05) is 16.1 Å². The summed E-state index contributed by atoms with van der Waals surface area (Å²) in [5.74, 6) is -0.579. The van der Waals surface area contributed by atoms with Gasteiger partial charge in [0.1, 0.15) is 0 Å². The van der Waals surface area contributed by atoms with E-state index in [4.69, 9.17) is 11.6 Å². The Balaban J connectivity index is 1.99. The van der Waals surface area contributed by atoms with Crippen LogP contribution in [0.25, 0.3) is 10.9 Å². The smallest absolute Gasteiger partial charge is 0.280 e. The van der Waals surface area contributed by atoms with Crippen molar-refractivity contribution in [2.75, 3.05) is 5.32 Å². The van der Waals surface area contributed by atoms with Crippen LogP contribution in [-0.2, 0) is 0 Å². The molecule has 0 fully saturated rings. The highest BCUT2D eigenvalue weighted by molar-refractivity contribution is 6.30. The molecule has 0 aliphatic heterocycles. The number of amides is 1. The molecule has 3 aromatic rings. The van der Waals surface area contributed by atoms with Gasteiger partial charge in [-0.3, -0.25) is 14.7 Å². The van der Waals surface area contributed by atoms with Gasteiger partial charge in [0.15, 0.2) is 5.69 Å². The number of carbonyl (C=O) groups excluding carboxylic acids is 1. The van der Waals surface area contributed by atoms with Crippen molar-refractivity contribution < 1.29 is 4.79 Å². The number of carbonyl (C=O) groups is 1. The van der Waals surface area contributed by atoms with Gasteiger partial charge in [-0.05, 0) is 30.3 Å². The molecule has 104 valence electrons. The fourth-order valence-electron chi connectivity index (χ4n) is 1.98. The Morgan fingerprint density at radius 3 is 2.76 bits per heavy atom. The molecule has 2 aromatic carbocycles. The number of hydrogen-bond acceptors (Lipinski definition) is 3. The van der Waals surface area contributed by atoms with Gasteiger partial charge in [0.05, 0.1) is 5.52 Å². The molecule has 3 rings (SSSR count). The second kappa shape index (κ2) is 5.38. The topological polar surface area (TPSA) is 74.8 Å². The van der Waals surface area contributed by atoms with Crippen LogP contribution < -0.4 is 10.7 Å². The first-order valence-electron chi connectivity index (χ1n) is 6.19. The van der Waals surface area contributed by atoms with E-state index >= 15 is 0 Å². The normalized spacial score (nSPS) is 10.5. The highest BCUT2D eigenvalue weighted by Gasteiger charge is 2.15. The molecular weight excluding hydrogens is 290 g/mol. The van der Waals surface area contributed by atoms with E-state index in [1.807, 2.05) is 0 Å². The standard InChI is InChI=1S/C15H10ClN3O2/c16-9-4-3-5-10(8-9)17-15(21)13-14(20)11-6-1-2-7-12(11)18-19-13/h1-8H,(H,17,21)(H,18,20). The fraction of sp³-hybridized carbons (Fsp3) is 0. The average Bonchev–Trinajstić information content (AvgIpc) is 2.48. The third-order valence-electron chi connectivity index (χ3n) is 2.97. The maximum atomic E-state index is 12.3. The number of hydrogen-bond donors (Lipinski definition) is 2. The summed E-state index contributed by atoms with van der Waals surface area (Å²) in [6.45, 7) is 0. The van der Waals surface area contributed by atoms with E-state index in [0.29, 0.717) is 21.6 Å². The van der Waals surface area contributed by atoms with Gasteiger partial charge in [0.25, 0.3) is 5.91 Å². The molecule has 0 saturated carbocycles. The van der Waals surface area contributed by atoms with Crippen molar-refractivity contribution >= 4 is 34.1 Å². The van der Waals surface area contributed by atoms with E-state index in [1.165, 1.54) is 0 Å². The molecule has 1 amide bonds. The quantitative estimate of drug-likeness (QED) is 0.764. The monoisotopic (exact) mass is 299 g/mol. The largest absolute Gasteiger partial charge is 0.320 e. The minimum atomic E-state index is -0.579. The van der Waals surface area contributed by atoms with E-state index in [2.05, 4.69) is 15.5 Å². The van der Waals surface area contributed by atoms with Crippen LogP contribution >= 0.6 is 11.6 Å². The Morgan fingerprint density at radius 2 is 1.95 bits per heavy atom. The van der Waals surface area contributed by atoms with Crippen molar-refractivity contribution in [3.8, 4) is 0 Å². The first kappa shape index (κ1) is 13.3. The lowest BCUT2D eigenvalue weighted by Gasteiger charge is -2.05. The number of aromatic amines is 1. The number of fused-ring (bicyclic) bond motifs is 1. The lowest BCUT2D eigenvalue weighted by Crippen LogP contribution is -2.24. The van der Waals surface area contributed by atoms with Crippen LogP contribution in [-0.4, -0.2) is 16.1 Å². The van der Waals surface area contributed by atoms with Crippen LogP contribution in [0.15, 0.2) is 53.3 Å². The van der Waals surface area contributed by atoms with Crippen molar-refractivity contribution in [2.45, 2.75) is 0 Å².